The second kappa shape index (κ2) is 5.83. The van der Waals surface area contributed by atoms with Crippen LogP contribution in [0.3, 0.4) is 0 Å². The minimum atomic E-state index is -0.234. The van der Waals surface area contributed by atoms with E-state index in [2.05, 4.69) is 20.8 Å². The summed E-state index contributed by atoms with van der Waals surface area (Å²) >= 11 is 0. The van der Waals surface area contributed by atoms with Crippen molar-refractivity contribution >= 4 is 5.91 Å². The van der Waals surface area contributed by atoms with Crippen molar-refractivity contribution in [2.75, 3.05) is 13.1 Å². The van der Waals surface area contributed by atoms with Gasteiger partial charge in [-0.25, -0.2) is 0 Å². The Hall–Kier alpha value is -0.610. The maximum absolute atomic E-state index is 12.0. The summed E-state index contributed by atoms with van der Waals surface area (Å²) in [5.41, 5.74) is 6.16. The molecule has 0 aromatic rings. The predicted octanol–water partition coefficient (Wildman–Crippen LogP) is 1.12. The molecule has 17 heavy (non-hydrogen) atoms. The van der Waals surface area contributed by atoms with Gasteiger partial charge in [-0.05, 0) is 24.7 Å². The molecule has 0 aromatic heterocycles. The number of aliphatic hydroxyl groups excluding tert-OH is 1. The Kier molecular flexibility index (Phi) is 4.95. The first-order chi connectivity index (χ1) is 7.78. The molecule has 1 atom stereocenters. The summed E-state index contributed by atoms with van der Waals surface area (Å²) in [4.78, 5) is 13.8. The fraction of sp³-hybridized carbons (Fsp3) is 0.923. The van der Waals surface area contributed by atoms with Crippen molar-refractivity contribution in [3.8, 4) is 0 Å². The molecule has 0 bridgehead atoms. The third kappa shape index (κ3) is 5.50. The first-order valence-electron chi connectivity index (χ1n) is 6.49. The fourth-order valence-electron chi connectivity index (χ4n) is 2.33. The third-order valence-corrected chi connectivity index (χ3v) is 3.13. The molecule has 1 saturated heterocycles. The zero-order valence-corrected chi connectivity index (χ0v) is 11.3. The van der Waals surface area contributed by atoms with Gasteiger partial charge in [0, 0.05) is 25.6 Å². The fourth-order valence-corrected chi connectivity index (χ4v) is 2.33. The van der Waals surface area contributed by atoms with Gasteiger partial charge in [0.05, 0.1) is 6.10 Å². The summed E-state index contributed by atoms with van der Waals surface area (Å²) in [5.74, 6) is 0.133. The molecule has 3 N–H and O–H groups in total. The topological polar surface area (TPSA) is 66.6 Å². The number of carbonyl (C=O) groups excluding carboxylic acids is 1. The molecule has 1 heterocycles. The molecule has 0 saturated carbocycles. The Balaban J connectivity index is 2.33. The van der Waals surface area contributed by atoms with E-state index >= 15 is 0 Å². The normalized spacial score (nSPS) is 20.4. The van der Waals surface area contributed by atoms with Crippen molar-refractivity contribution < 1.29 is 9.90 Å². The molecule has 0 aromatic carbocycles. The Bertz CT molecular complexity index is 253. The lowest BCUT2D eigenvalue weighted by molar-refractivity contribution is -0.133. The van der Waals surface area contributed by atoms with E-state index in [9.17, 15) is 9.90 Å². The van der Waals surface area contributed by atoms with E-state index in [0.717, 1.165) is 6.42 Å². The van der Waals surface area contributed by atoms with Crippen LogP contribution >= 0.6 is 0 Å². The van der Waals surface area contributed by atoms with Crippen LogP contribution in [0, 0.1) is 5.41 Å². The van der Waals surface area contributed by atoms with Crippen LogP contribution in [-0.2, 0) is 4.79 Å². The van der Waals surface area contributed by atoms with Crippen LogP contribution in [-0.4, -0.2) is 41.1 Å². The molecule has 0 aliphatic carbocycles. The minimum Gasteiger partial charge on any atom is -0.393 e. The Morgan fingerprint density at radius 3 is 2.41 bits per heavy atom. The molecule has 1 fully saturated rings. The molecular formula is C13H26N2O2. The van der Waals surface area contributed by atoms with Crippen molar-refractivity contribution in [3.05, 3.63) is 0 Å². The number of carbonyl (C=O) groups is 1. The molecule has 0 radical (unpaired) electrons. The van der Waals surface area contributed by atoms with E-state index in [0.29, 0.717) is 32.4 Å². The summed E-state index contributed by atoms with van der Waals surface area (Å²) in [6.07, 6.45) is 2.44. The second-order valence-corrected chi connectivity index (χ2v) is 6.34. The van der Waals surface area contributed by atoms with Crippen LogP contribution in [0.2, 0.25) is 0 Å². The molecule has 1 aliphatic rings. The number of aliphatic hydroxyl groups is 1. The van der Waals surface area contributed by atoms with Crippen molar-refractivity contribution in [1.82, 2.24) is 4.90 Å². The molecule has 1 amide bonds. The Morgan fingerprint density at radius 1 is 1.41 bits per heavy atom. The zero-order valence-electron chi connectivity index (χ0n) is 11.3. The van der Waals surface area contributed by atoms with Crippen LogP contribution in [0.5, 0.6) is 0 Å². The van der Waals surface area contributed by atoms with Gasteiger partial charge < -0.3 is 15.7 Å². The summed E-state index contributed by atoms with van der Waals surface area (Å²) in [7, 11) is 0. The first-order valence-corrected chi connectivity index (χ1v) is 6.49. The average molecular weight is 242 g/mol. The van der Waals surface area contributed by atoms with Gasteiger partial charge in [0.15, 0.2) is 0 Å². The van der Waals surface area contributed by atoms with Gasteiger partial charge in [-0.15, -0.1) is 0 Å². The van der Waals surface area contributed by atoms with Crippen LogP contribution in [0.1, 0.15) is 46.5 Å². The highest BCUT2D eigenvalue weighted by Crippen LogP contribution is 2.21. The smallest absolute Gasteiger partial charge is 0.224 e. The van der Waals surface area contributed by atoms with Crippen LogP contribution in [0.25, 0.3) is 0 Å². The zero-order chi connectivity index (χ0) is 13.1. The third-order valence-electron chi connectivity index (χ3n) is 3.13. The van der Waals surface area contributed by atoms with Crippen LogP contribution in [0.4, 0.5) is 0 Å². The summed E-state index contributed by atoms with van der Waals surface area (Å²) in [6, 6.07) is -0.0608. The van der Waals surface area contributed by atoms with Crippen molar-refractivity contribution in [2.45, 2.75) is 58.6 Å². The van der Waals surface area contributed by atoms with Crippen LogP contribution in [0.15, 0.2) is 0 Å². The molecule has 4 nitrogen and oxygen atoms in total. The number of piperidine rings is 1. The molecule has 4 heteroatoms. The molecule has 100 valence electrons. The molecule has 0 spiro atoms. The number of likely N-dealkylation sites (tertiary alicyclic amines) is 1. The Labute approximate surface area is 104 Å². The second-order valence-electron chi connectivity index (χ2n) is 6.34. The molecule has 1 unspecified atom stereocenters. The molecule has 1 rings (SSSR count). The summed E-state index contributed by atoms with van der Waals surface area (Å²) in [6.45, 7) is 7.74. The maximum Gasteiger partial charge on any atom is 0.224 e. The molecule has 1 aliphatic heterocycles. The number of hydrogen-bond acceptors (Lipinski definition) is 3. The number of hydrogen-bond donors (Lipinski definition) is 2. The lowest BCUT2D eigenvalue weighted by Gasteiger charge is -2.31. The van der Waals surface area contributed by atoms with E-state index in [1.807, 2.05) is 4.90 Å². The highest BCUT2D eigenvalue weighted by atomic mass is 16.3. The monoisotopic (exact) mass is 242 g/mol. The predicted molar refractivity (Wildman–Crippen MR) is 68.5 cm³/mol. The van der Waals surface area contributed by atoms with E-state index < -0.39 is 0 Å². The number of nitrogens with two attached hydrogens (primary N) is 1. The SMILES string of the molecule is CC(C)(C)CC(N)CC(=O)N1CCC(O)CC1. The van der Waals surface area contributed by atoms with Gasteiger partial charge in [-0.2, -0.15) is 0 Å². The largest absolute Gasteiger partial charge is 0.393 e. The van der Waals surface area contributed by atoms with Gasteiger partial charge in [-0.1, -0.05) is 20.8 Å². The van der Waals surface area contributed by atoms with Gasteiger partial charge >= 0.3 is 0 Å². The van der Waals surface area contributed by atoms with Gasteiger partial charge in [-0.3, -0.25) is 4.79 Å². The summed E-state index contributed by atoms with van der Waals surface area (Å²) in [5, 5.41) is 9.38. The lowest BCUT2D eigenvalue weighted by Crippen LogP contribution is -2.42. The van der Waals surface area contributed by atoms with E-state index in [1.165, 1.54) is 0 Å². The number of rotatable bonds is 3. The first kappa shape index (κ1) is 14.5. The van der Waals surface area contributed by atoms with E-state index in [4.69, 9.17) is 5.73 Å². The lowest BCUT2D eigenvalue weighted by atomic mass is 9.87. The highest BCUT2D eigenvalue weighted by molar-refractivity contribution is 5.76. The minimum absolute atomic E-state index is 0.0608. The highest BCUT2D eigenvalue weighted by Gasteiger charge is 2.24. The number of amides is 1. The van der Waals surface area contributed by atoms with Crippen molar-refractivity contribution in [1.29, 1.82) is 0 Å². The van der Waals surface area contributed by atoms with Crippen LogP contribution < -0.4 is 5.73 Å². The van der Waals surface area contributed by atoms with Crippen molar-refractivity contribution in [3.63, 3.8) is 0 Å². The van der Waals surface area contributed by atoms with E-state index in [1.54, 1.807) is 0 Å². The maximum atomic E-state index is 12.0. The van der Waals surface area contributed by atoms with E-state index in [-0.39, 0.29) is 23.5 Å². The standard InChI is InChI=1S/C13H26N2O2/c1-13(2,3)9-10(14)8-12(17)15-6-4-11(16)5-7-15/h10-11,16H,4-9,14H2,1-3H3. The molecular weight excluding hydrogens is 216 g/mol. The summed E-state index contributed by atoms with van der Waals surface area (Å²) < 4.78 is 0. The average Bonchev–Trinajstić information content (AvgIpc) is 2.15. The van der Waals surface area contributed by atoms with Crippen molar-refractivity contribution in [2.24, 2.45) is 11.1 Å². The number of nitrogens with zero attached hydrogens (tertiary/aromatic N) is 1. The van der Waals surface area contributed by atoms with Gasteiger partial charge in [0.1, 0.15) is 0 Å². The Morgan fingerprint density at radius 2 is 1.94 bits per heavy atom. The van der Waals surface area contributed by atoms with Gasteiger partial charge in [0.2, 0.25) is 5.91 Å². The quantitative estimate of drug-likeness (QED) is 0.779. The van der Waals surface area contributed by atoms with Gasteiger partial charge in [0.25, 0.3) is 0 Å².